The summed E-state index contributed by atoms with van der Waals surface area (Å²) < 4.78 is 33.0. The van der Waals surface area contributed by atoms with Gasteiger partial charge in [0, 0.05) is 10.2 Å². The summed E-state index contributed by atoms with van der Waals surface area (Å²) in [5.41, 5.74) is 0.545. The van der Waals surface area contributed by atoms with Crippen LogP contribution >= 0.6 is 15.9 Å². The Morgan fingerprint density at radius 3 is 2.37 bits per heavy atom. The lowest BCUT2D eigenvalue weighted by Gasteiger charge is -2.14. The third kappa shape index (κ3) is 5.65. The zero-order chi connectivity index (χ0) is 21.7. The number of carbonyl (C=O) groups is 2. The van der Waals surface area contributed by atoms with E-state index in [1.165, 1.54) is 19.1 Å². The van der Waals surface area contributed by atoms with E-state index in [2.05, 4.69) is 26.0 Å². The molecular formula is C21H19BrN2O5S. The lowest BCUT2D eigenvalue weighted by molar-refractivity contribution is -0.151. The van der Waals surface area contributed by atoms with E-state index in [9.17, 15) is 18.0 Å². The summed E-state index contributed by atoms with van der Waals surface area (Å²) in [5.74, 6) is -1.39. The van der Waals surface area contributed by atoms with Crippen molar-refractivity contribution in [3.63, 3.8) is 0 Å². The van der Waals surface area contributed by atoms with Gasteiger partial charge in [-0.15, -0.1) is 0 Å². The first kappa shape index (κ1) is 21.9. The second-order valence-corrected chi connectivity index (χ2v) is 9.14. The number of nitrogens with one attached hydrogen (secondary N) is 2. The Balaban J connectivity index is 1.55. The average molecular weight is 491 g/mol. The molecule has 1 amide bonds. The van der Waals surface area contributed by atoms with Crippen LogP contribution < -0.4 is 10.0 Å². The normalized spacial score (nSPS) is 12.3. The second-order valence-electron chi connectivity index (χ2n) is 6.46. The van der Waals surface area contributed by atoms with Gasteiger partial charge in [0.05, 0.1) is 4.90 Å². The smallest absolute Gasteiger partial charge is 0.321 e. The molecule has 2 N–H and O–H groups in total. The van der Waals surface area contributed by atoms with Gasteiger partial charge in [-0.25, -0.2) is 8.42 Å². The van der Waals surface area contributed by atoms with E-state index in [4.69, 9.17) is 4.74 Å². The van der Waals surface area contributed by atoms with Crippen molar-refractivity contribution in [3.8, 4) is 0 Å². The Labute approximate surface area is 182 Å². The number of halogens is 1. The minimum Gasteiger partial charge on any atom is -0.452 e. The van der Waals surface area contributed by atoms with Crippen LogP contribution in [0.5, 0.6) is 0 Å². The standard InChI is InChI=1S/C21H19BrN2O5S/c1-14(21(26)24-18-9-7-17(22)8-10-18)29-20(25)13-23-30(27,28)19-11-6-15-4-2-3-5-16(15)12-19/h2-12,14,23H,13H2,1H3,(H,24,26)/t14-/m0/s1. The Hall–Kier alpha value is -2.75. The summed E-state index contributed by atoms with van der Waals surface area (Å²) in [6.07, 6.45) is -1.09. The molecule has 30 heavy (non-hydrogen) atoms. The molecule has 3 aromatic carbocycles. The average Bonchev–Trinajstić information content (AvgIpc) is 2.73. The molecule has 0 unspecified atom stereocenters. The highest BCUT2D eigenvalue weighted by Gasteiger charge is 2.21. The van der Waals surface area contributed by atoms with Gasteiger partial charge in [-0.05, 0) is 54.1 Å². The van der Waals surface area contributed by atoms with E-state index in [1.807, 2.05) is 18.2 Å². The highest BCUT2D eigenvalue weighted by Crippen LogP contribution is 2.19. The molecule has 7 nitrogen and oxygen atoms in total. The number of ether oxygens (including phenoxy) is 1. The van der Waals surface area contributed by atoms with Crippen molar-refractivity contribution >= 4 is 54.3 Å². The van der Waals surface area contributed by atoms with Crippen molar-refractivity contribution in [2.24, 2.45) is 0 Å². The minimum atomic E-state index is -3.91. The Morgan fingerprint density at radius 1 is 1.00 bits per heavy atom. The number of amides is 1. The molecule has 0 aromatic heterocycles. The lowest BCUT2D eigenvalue weighted by atomic mass is 10.1. The van der Waals surface area contributed by atoms with E-state index in [1.54, 1.807) is 36.4 Å². The molecule has 3 rings (SSSR count). The van der Waals surface area contributed by atoms with Crippen LogP contribution in [0.4, 0.5) is 5.69 Å². The summed E-state index contributed by atoms with van der Waals surface area (Å²) in [4.78, 5) is 24.2. The number of fused-ring (bicyclic) bond motifs is 1. The van der Waals surface area contributed by atoms with Gasteiger partial charge < -0.3 is 10.1 Å². The summed E-state index contributed by atoms with van der Waals surface area (Å²) in [5, 5.41) is 4.28. The summed E-state index contributed by atoms with van der Waals surface area (Å²) >= 11 is 3.30. The van der Waals surface area contributed by atoms with Gasteiger partial charge in [0.1, 0.15) is 6.54 Å². The van der Waals surface area contributed by atoms with Gasteiger partial charge in [-0.2, -0.15) is 4.72 Å². The van der Waals surface area contributed by atoms with Crippen LogP contribution in [-0.4, -0.2) is 32.9 Å². The molecule has 0 aliphatic carbocycles. The molecule has 0 spiro atoms. The SMILES string of the molecule is C[C@H](OC(=O)CNS(=O)(=O)c1ccc2ccccc2c1)C(=O)Nc1ccc(Br)cc1. The highest BCUT2D eigenvalue weighted by atomic mass is 79.9. The molecule has 3 aromatic rings. The largest absolute Gasteiger partial charge is 0.452 e. The number of rotatable bonds is 7. The topological polar surface area (TPSA) is 102 Å². The van der Waals surface area contributed by atoms with Gasteiger partial charge in [-0.3, -0.25) is 9.59 Å². The fourth-order valence-electron chi connectivity index (χ4n) is 2.64. The fourth-order valence-corrected chi connectivity index (χ4v) is 3.91. The molecule has 0 aliphatic heterocycles. The predicted molar refractivity (Wildman–Crippen MR) is 117 cm³/mol. The van der Waals surface area contributed by atoms with Gasteiger partial charge in [0.25, 0.3) is 5.91 Å². The van der Waals surface area contributed by atoms with E-state index in [0.29, 0.717) is 5.69 Å². The minimum absolute atomic E-state index is 0.0371. The maximum absolute atomic E-state index is 12.5. The fraction of sp³-hybridized carbons (Fsp3) is 0.143. The highest BCUT2D eigenvalue weighted by molar-refractivity contribution is 9.10. The number of hydrogen-bond acceptors (Lipinski definition) is 5. The van der Waals surface area contributed by atoms with Crippen molar-refractivity contribution in [2.45, 2.75) is 17.9 Å². The molecule has 9 heteroatoms. The van der Waals surface area contributed by atoms with Crippen LogP contribution in [0.15, 0.2) is 76.1 Å². The third-order valence-corrected chi connectivity index (χ3v) is 6.15. The van der Waals surface area contributed by atoms with Gasteiger partial charge in [0.15, 0.2) is 6.10 Å². The Kier molecular flexibility index (Phi) is 6.86. The summed E-state index contributed by atoms with van der Waals surface area (Å²) in [6.45, 7) is 0.814. The number of carbonyl (C=O) groups excluding carboxylic acids is 2. The van der Waals surface area contributed by atoms with Crippen molar-refractivity contribution in [1.29, 1.82) is 0 Å². The molecule has 156 valence electrons. The molecule has 0 radical (unpaired) electrons. The molecule has 0 saturated heterocycles. The summed E-state index contributed by atoms with van der Waals surface area (Å²) in [7, 11) is -3.91. The van der Waals surface area contributed by atoms with Crippen LogP contribution in [0, 0.1) is 0 Å². The Morgan fingerprint density at radius 2 is 1.67 bits per heavy atom. The van der Waals surface area contributed by atoms with E-state index >= 15 is 0 Å². The molecule has 0 heterocycles. The van der Waals surface area contributed by atoms with Crippen LogP contribution in [0.3, 0.4) is 0 Å². The van der Waals surface area contributed by atoms with Gasteiger partial charge in [0.2, 0.25) is 10.0 Å². The number of esters is 1. The third-order valence-electron chi connectivity index (χ3n) is 4.23. The van der Waals surface area contributed by atoms with Crippen LogP contribution in [-0.2, 0) is 24.3 Å². The van der Waals surface area contributed by atoms with Crippen LogP contribution in [0.1, 0.15) is 6.92 Å². The van der Waals surface area contributed by atoms with E-state index in [0.717, 1.165) is 15.2 Å². The van der Waals surface area contributed by atoms with Gasteiger partial charge >= 0.3 is 5.97 Å². The second kappa shape index (κ2) is 9.38. The number of sulfonamides is 1. The molecule has 0 aliphatic rings. The van der Waals surface area contributed by atoms with Crippen molar-refractivity contribution in [3.05, 3.63) is 71.2 Å². The molecular weight excluding hydrogens is 472 g/mol. The van der Waals surface area contributed by atoms with E-state index < -0.39 is 34.5 Å². The van der Waals surface area contributed by atoms with Crippen molar-refractivity contribution in [2.75, 3.05) is 11.9 Å². The Bertz CT molecular complexity index is 1180. The van der Waals surface area contributed by atoms with Crippen LogP contribution in [0.25, 0.3) is 10.8 Å². The zero-order valence-electron chi connectivity index (χ0n) is 16.0. The molecule has 0 bridgehead atoms. The first-order chi connectivity index (χ1) is 14.2. The van der Waals surface area contributed by atoms with Crippen molar-refractivity contribution < 1.29 is 22.7 Å². The quantitative estimate of drug-likeness (QED) is 0.493. The maximum Gasteiger partial charge on any atom is 0.321 e. The zero-order valence-corrected chi connectivity index (χ0v) is 18.4. The molecule has 1 atom stereocenters. The predicted octanol–water partition coefficient (Wildman–Crippen LogP) is 3.45. The van der Waals surface area contributed by atoms with E-state index in [-0.39, 0.29) is 4.90 Å². The first-order valence-electron chi connectivity index (χ1n) is 8.99. The molecule has 0 fully saturated rings. The van der Waals surface area contributed by atoms with Crippen molar-refractivity contribution in [1.82, 2.24) is 4.72 Å². The lowest BCUT2D eigenvalue weighted by Crippen LogP contribution is -2.35. The van der Waals surface area contributed by atoms with Gasteiger partial charge in [-0.1, -0.05) is 46.3 Å². The first-order valence-corrected chi connectivity index (χ1v) is 11.3. The number of anilines is 1. The summed E-state index contributed by atoms with van der Waals surface area (Å²) in [6, 6.07) is 18.9. The maximum atomic E-state index is 12.5. The number of benzene rings is 3. The monoisotopic (exact) mass is 490 g/mol. The number of hydrogen-bond donors (Lipinski definition) is 2. The van der Waals surface area contributed by atoms with Crippen LogP contribution in [0.2, 0.25) is 0 Å². The molecule has 0 saturated carbocycles.